The molecule has 0 radical (unpaired) electrons. The van der Waals surface area contributed by atoms with Crippen LogP contribution in [0.2, 0.25) is 0 Å². The Bertz CT molecular complexity index is 1010. The topological polar surface area (TPSA) is 48.4 Å². The molecule has 0 spiro atoms. The summed E-state index contributed by atoms with van der Waals surface area (Å²) in [7, 11) is 2.21. The second kappa shape index (κ2) is 14.0. The first-order valence-corrected chi connectivity index (χ1v) is 14.0. The summed E-state index contributed by atoms with van der Waals surface area (Å²) in [5.41, 5.74) is 2.07. The van der Waals surface area contributed by atoms with Crippen LogP contribution in [0.15, 0.2) is 53.6 Å². The number of hydrazone groups is 1. The summed E-state index contributed by atoms with van der Waals surface area (Å²) >= 11 is 6.44. The number of piperazine rings is 1. The highest BCUT2D eigenvalue weighted by atomic mass is 33.1. The summed E-state index contributed by atoms with van der Waals surface area (Å²) in [5.74, 6) is -0.0185. The van der Waals surface area contributed by atoms with E-state index in [1.54, 1.807) is 11.1 Å². The van der Waals surface area contributed by atoms with Crippen LogP contribution in [0.1, 0.15) is 38.2 Å². The van der Waals surface area contributed by atoms with Gasteiger partial charge < -0.3 is 14.5 Å². The lowest BCUT2D eigenvalue weighted by atomic mass is 9.86. The highest BCUT2D eigenvalue weighted by Crippen LogP contribution is 2.42. The Hall–Kier alpha value is -2.07. The molecular weight excluding hydrogens is 495 g/mol. The second-order valence-corrected chi connectivity index (χ2v) is 9.26. The van der Waals surface area contributed by atoms with Gasteiger partial charge in [0.1, 0.15) is 29.6 Å². The molecule has 2 atom stereocenters. The van der Waals surface area contributed by atoms with E-state index in [1.807, 2.05) is 30.3 Å². The van der Waals surface area contributed by atoms with Gasteiger partial charge >= 0.3 is 0 Å². The Labute approximate surface area is 224 Å². The second-order valence-electron chi connectivity index (χ2n) is 9.26. The van der Waals surface area contributed by atoms with Crippen LogP contribution in [-0.2, 0) is 4.79 Å². The maximum absolute atomic E-state index is 13.6. The first kappa shape index (κ1) is 28.5. The minimum Gasteiger partial charge on any atom is -0.489 e. The zero-order valence-corrected chi connectivity index (χ0v) is 23.1. The van der Waals surface area contributed by atoms with E-state index in [9.17, 15) is 9.18 Å². The van der Waals surface area contributed by atoms with Gasteiger partial charge in [-0.2, -0.15) is 5.10 Å². The fraction of sp³-hybridized carbons (Fsp3) is 0.481. The molecule has 3 aliphatic rings. The van der Waals surface area contributed by atoms with Crippen LogP contribution in [0, 0.1) is 5.82 Å². The number of rotatable bonds is 5. The molecule has 6 nitrogen and oxygen atoms in total. The first-order chi connectivity index (χ1) is 17.5. The Balaban J connectivity index is 0.000000235. The SMILES string of the molecule is CC(=O)C1=NN2c3cc(F)ccc3OCC2C1c1ccccc1.CCCCN1CCN(C)CC1.SS. The summed E-state index contributed by atoms with van der Waals surface area (Å²) in [6.07, 6.45) is 2.69. The number of hydrogen-bond donors (Lipinski definition) is 2. The third-order valence-corrected chi connectivity index (χ3v) is 6.73. The molecular formula is C27H37FN4O2S2. The van der Waals surface area contributed by atoms with Crippen LogP contribution in [-0.4, -0.2) is 73.7 Å². The van der Waals surface area contributed by atoms with E-state index in [4.69, 9.17) is 4.74 Å². The largest absolute Gasteiger partial charge is 0.489 e. The van der Waals surface area contributed by atoms with E-state index in [0.29, 0.717) is 23.8 Å². The number of carbonyl (C=O) groups excluding carboxylic acids is 1. The molecule has 9 heteroatoms. The maximum Gasteiger partial charge on any atom is 0.176 e. The number of likely N-dealkylation sites (N-methyl/N-ethyl adjacent to an activating group) is 1. The predicted octanol–water partition coefficient (Wildman–Crippen LogP) is 4.93. The molecule has 2 aromatic rings. The number of Topliss-reactive ketones (excluding diaryl/α,β-unsaturated/α-hetero) is 1. The Morgan fingerprint density at radius 1 is 1.11 bits per heavy atom. The summed E-state index contributed by atoms with van der Waals surface area (Å²) in [5, 5.41) is 6.24. The lowest BCUT2D eigenvalue weighted by molar-refractivity contribution is -0.111. The van der Waals surface area contributed by atoms with Gasteiger partial charge in [-0.1, -0.05) is 43.7 Å². The van der Waals surface area contributed by atoms with E-state index in [-0.39, 0.29) is 23.6 Å². The molecule has 0 aromatic heterocycles. The van der Waals surface area contributed by atoms with Crippen molar-refractivity contribution < 1.29 is 13.9 Å². The van der Waals surface area contributed by atoms with Crippen molar-refractivity contribution in [1.29, 1.82) is 0 Å². The molecule has 0 saturated carbocycles. The van der Waals surface area contributed by atoms with Crippen LogP contribution >= 0.6 is 23.3 Å². The molecule has 2 unspecified atom stereocenters. The van der Waals surface area contributed by atoms with Gasteiger partial charge in [0.05, 0.1) is 12.0 Å². The standard InChI is InChI=1S/C18H15FN2O2.C9H20N2.H2S2/c1-11(22)18-17(12-5-3-2-4-6-12)15-10-23-16-8-7-13(19)9-14(16)21(15)20-18;1-3-4-5-11-8-6-10(2)7-9-11;1-2/h2-9,15,17H,10H2,1H3;3-9H2,1-2H3;1-2H. The van der Waals surface area contributed by atoms with E-state index in [2.05, 4.69) is 52.2 Å². The number of unbranched alkanes of at least 4 members (excludes halogenated alkanes) is 1. The van der Waals surface area contributed by atoms with Crippen molar-refractivity contribution in [1.82, 2.24) is 9.80 Å². The molecule has 3 aliphatic heterocycles. The molecule has 0 aliphatic carbocycles. The number of nitrogens with zero attached hydrogens (tertiary/aromatic N) is 4. The molecule has 5 rings (SSSR count). The van der Waals surface area contributed by atoms with Crippen molar-refractivity contribution >= 4 is 40.5 Å². The van der Waals surface area contributed by atoms with E-state index >= 15 is 0 Å². The summed E-state index contributed by atoms with van der Waals surface area (Å²) < 4.78 is 19.4. The summed E-state index contributed by atoms with van der Waals surface area (Å²) in [6, 6.07) is 14.0. The van der Waals surface area contributed by atoms with Gasteiger partial charge in [0.25, 0.3) is 0 Å². The Kier molecular flexibility index (Phi) is 11.1. The third-order valence-electron chi connectivity index (χ3n) is 6.73. The average molecular weight is 533 g/mol. The minimum absolute atomic E-state index is 0.0776. The fourth-order valence-corrected chi connectivity index (χ4v) is 4.72. The normalized spacial score (nSPS) is 21.1. The number of fused-ring (bicyclic) bond motifs is 3. The molecule has 0 bridgehead atoms. The van der Waals surface area contributed by atoms with Crippen molar-refractivity contribution in [3.63, 3.8) is 0 Å². The van der Waals surface area contributed by atoms with Gasteiger partial charge in [-0.3, -0.25) is 9.80 Å². The van der Waals surface area contributed by atoms with Crippen molar-refractivity contribution in [2.24, 2.45) is 5.10 Å². The monoisotopic (exact) mass is 532 g/mol. The van der Waals surface area contributed by atoms with Gasteiger partial charge in [0, 0.05) is 39.2 Å². The molecule has 1 fully saturated rings. The number of halogens is 1. The number of ether oxygens (including phenoxy) is 1. The van der Waals surface area contributed by atoms with Crippen LogP contribution in [0.25, 0.3) is 0 Å². The number of thiol groups is 2. The van der Waals surface area contributed by atoms with Gasteiger partial charge in [0.2, 0.25) is 0 Å². The quantitative estimate of drug-likeness (QED) is 0.423. The number of benzene rings is 2. The number of ketones is 1. The van der Waals surface area contributed by atoms with Gasteiger partial charge in [-0.05, 0) is 37.7 Å². The van der Waals surface area contributed by atoms with Crippen LogP contribution in [0.5, 0.6) is 5.75 Å². The fourth-order valence-electron chi connectivity index (χ4n) is 4.72. The number of carbonyl (C=O) groups is 1. The zero-order valence-electron chi connectivity index (χ0n) is 21.3. The molecule has 196 valence electrons. The van der Waals surface area contributed by atoms with Crippen LogP contribution < -0.4 is 9.75 Å². The lowest BCUT2D eigenvalue weighted by Gasteiger charge is -2.33. The van der Waals surface area contributed by atoms with Crippen LogP contribution in [0.4, 0.5) is 10.1 Å². The third kappa shape index (κ3) is 7.03. The zero-order chi connectivity index (χ0) is 26.1. The average Bonchev–Trinajstić information content (AvgIpc) is 3.31. The molecule has 0 amide bonds. The van der Waals surface area contributed by atoms with Gasteiger partial charge in [-0.15, -0.1) is 23.3 Å². The summed E-state index contributed by atoms with van der Waals surface area (Å²) in [4.78, 5) is 17.1. The highest BCUT2D eigenvalue weighted by molar-refractivity contribution is 8.59. The van der Waals surface area contributed by atoms with Crippen molar-refractivity contribution in [2.45, 2.75) is 38.6 Å². The van der Waals surface area contributed by atoms with Gasteiger partial charge in [0.15, 0.2) is 5.78 Å². The Morgan fingerprint density at radius 3 is 2.44 bits per heavy atom. The van der Waals surface area contributed by atoms with E-state index < -0.39 is 0 Å². The molecule has 1 saturated heterocycles. The number of anilines is 1. The molecule has 2 aromatic carbocycles. The van der Waals surface area contributed by atoms with Crippen molar-refractivity contribution in [2.75, 3.05) is 51.4 Å². The number of hydrogen-bond acceptors (Lipinski definition) is 8. The Morgan fingerprint density at radius 2 is 1.81 bits per heavy atom. The van der Waals surface area contributed by atoms with E-state index in [0.717, 1.165) is 5.56 Å². The molecule has 36 heavy (non-hydrogen) atoms. The first-order valence-electron chi connectivity index (χ1n) is 12.4. The van der Waals surface area contributed by atoms with Crippen molar-refractivity contribution in [3.05, 3.63) is 59.9 Å². The highest BCUT2D eigenvalue weighted by Gasteiger charge is 2.44. The molecule has 0 N–H and O–H groups in total. The minimum atomic E-state index is -0.351. The van der Waals surface area contributed by atoms with Crippen LogP contribution in [0.3, 0.4) is 0 Å². The predicted molar refractivity (Wildman–Crippen MR) is 152 cm³/mol. The smallest absolute Gasteiger partial charge is 0.176 e. The van der Waals surface area contributed by atoms with E-state index in [1.165, 1.54) is 64.6 Å². The van der Waals surface area contributed by atoms with Crippen molar-refractivity contribution in [3.8, 4) is 5.75 Å². The lowest BCUT2D eigenvalue weighted by Crippen LogP contribution is -2.44. The summed E-state index contributed by atoms with van der Waals surface area (Å²) in [6.45, 7) is 10.5. The van der Waals surface area contributed by atoms with Gasteiger partial charge in [-0.25, -0.2) is 4.39 Å². The maximum atomic E-state index is 13.6. The molecule has 3 heterocycles.